The minimum atomic E-state index is -2.65. The van der Waals surface area contributed by atoms with Crippen LogP contribution < -0.4 is 5.73 Å². The minimum Gasteiger partial charge on any atom is -0.398 e. The molecule has 0 unspecified atom stereocenters. The van der Waals surface area contributed by atoms with Crippen molar-refractivity contribution in [2.75, 3.05) is 13.1 Å². The number of benzene rings is 1. The van der Waals surface area contributed by atoms with Gasteiger partial charge in [0.25, 0.3) is 5.92 Å². The topological polar surface area (TPSA) is 70.8 Å². The van der Waals surface area contributed by atoms with Crippen molar-refractivity contribution < 1.29 is 13.2 Å². The van der Waals surface area contributed by atoms with E-state index in [0.717, 1.165) is 16.5 Å². The van der Waals surface area contributed by atoms with Gasteiger partial charge in [0.2, 0.25) is 0 Å². The van der Waals surface area contributed by atoms with Crippen molar-refractivity contribution in [2.24, 2.45) is 5.73 Å². The summed E-state index contributed by atoms with van der Waals surface area (Å²) in [5.74, 6) is -2.97. The number of hydrogen-bond acceptors (Lipinski definition) is 4. The second-order valence-corrected chi connectivity index (χ2v) is 9.99. The van der Waals surface area contributed by atoms with E-state index >= 15 is 0 Å². The number of pyridine rings is 2. The number of hydrogen-bond donors (Lipinski definition) is 2. The summed E-state index contributed by atoms with van der Waals surface area (Å²) >= 11 is 0. The number of allylic oxidation sites excluding steroid dienone is 4. The Balaban J connectivity index is 0.00000198. The normalized spacial score (nSPS) is 15.4. The SMILES string of the molecule is C=C(/C=C(C(=C)c1cc2c(-c3ccccc3F)ccnc2[nH]1)\C(N)=C/C)c1cncc(CN2CCC(F)(F)C2)c1.CC. The van der Waals surface area contributed by atoms with Crippen molar-refractivity contribution in [3.05, 3.63) is 120 Å². The van der Waals surface area contributed by atoms with Gasteiger partial charge in [-0.15, -0.1) is 0 Å². The Morgan fingerprint density at radius 3 is 2.57 bits per heavy atom. The Bertz CT molecular complexity index is 1660. The molecule has 1 fully saturated rings. The minimum absolute atomic E-state index is 0.130. The molecule has 0 saturated carbocycles. The molecule has 5 nitrogen and oxygen atoms in total. The van der Waals surface area contributed by atoms with E-state index in [1.54, 1.807) is 53.8 Å². The summed E-state index contributed by atoms with van der Waals surface area (Å²) < 4.78 is 41.9. The third-order valence-corrected chi connectivity index (χ3v) is 7.11. The lowest BCUT2D eigenvalue weighted by atomic mass is 9.96. The van der Waals surface area contributed by atoms with E-state index in [1.165, 1.54) is 6.07 Å². The number of H-pyrrole nitrogens is 1. The summed E-state index contributed by atoms with van der Waals surface area (Å²) in [5.41, 5.74) is 12.8. The molecule has 4 heterocycles. The third kappa shape index (κ3) is 6.71. The van der Waals surface area contributed by atoms with Gasteiger partial charge in [-0.2, -0.15) is 0 Å². The summed E-state index contributed by atoms with van der Waals surface area (Å²) in [6, 6.07) is 12.2. The van der Waals surface area contributed by atoms with Gasteiger partial charge in [0, 0.05) is 71.6 Å². The standard InChI is InChI=1S/C32H30F3N5.C2H6/c1-4-29(36)26(13-20(2)23-14-22(16-37-17-23)18-40-12-10-32(34,35)19-40)21(3)30-15-27-24(9-11-38-31(27)39-30)25-7-5-6-8-28(25)33;1-2/h4-9,11,13-17H,2-3,10,12,18-19,36H2,1H3,(H,38,39);1-2H3/b26-13-,29-4+;. The summed E-state index contributed by atoms with van der Waals surface area (Å²) in [6.45, 7) is 14.8. The number of halogens is 3. The predicted octanol–water partition coefficient (Wildman–Crippen LogP) is 8.15. The molecule has 1 aliphatic rings. The van der Waals surface area contributed by atoms with Crippen LogP contribution in [-0.4, -0.2) is 38.9 Å². The van der Waals surface area contributed by atoms with Crippen LogP contribution in [0.25, 0.3) is 33.3 Å². The van der Waals surface area contributed by atoms with Crippen molar-refractivity contribution in [2.45, 2.75) is 39.7 Å². The predicted molar refractivity (Wildman–Crippen MR) is 166 cm³/mol. The quantitative estimate of drug-likeness (QED) is 0.209. The van der Waals surface area contributed by atoms with Crippen molar-refractivity contribution >= 4 is 22.2 Å². The molecule has 42 heavy (non-hydrogen) atoms. The Morgan fingerprint density at radius 2 is 1.88 bits per heavy atom. The van der Waals surface area contributed by atoms with Crippen LogP contribution in [0, 0.1) is 5.82 Å². The highest BCUT2D eigenvalue weighted by atomic mass is 19.3. The van der Waals surface area contributed by atoms with E-state index in [9.17, 15) is 13.2 Å². The number of fused-ring (bicyclic) bond motifs is 1. The van der Waals surface area contributed by atoms with Crippen LogP contribution in [0.3, 0.4) is 0 Å². The number of likely N-dealkylation sites (tertiary alicyclic amines) is 1. The molecule has 0 radical (unpaired) electrons. The van der Waals surface area contributed by atoms with Crippen molar-refractivity contribution in [3.63, 3.8) is 0 Å². The Hall–Kier alpha value is -4.43. The fourth-order valence-electron chi connectivity index (χ4n) is 4.96. The van der Waals surface area contributed by atoms with Crippen LogP contribution in [-0.2, 0) is 6.54 Å². The average Bonchev–Trinajstić information content (AvgIpc) is 3.59. The summed E-state index contributed by atoms with van der Waals surface area (Å²) in [6.07, 6.45) is 8.48. The molecule has 0 amide bonds. The number of nitrogens with two attached hydrogens (primary N) is 1. The van der Waals surface area contributed by atoms with Gasteiger partial charge >= 0.3 is 0 Å². The zero-order chi connectivity index (χ0) is 30.4. The Labute approximate surface area is 245 Å². The maximum atomic E-state index is 14.6. The first kappa shape index (κ1) is 30.5. The molecule has 0 aliphatic carbocycles. The van der Waals surface area contributed by atoms with E-state index < -0.39 is 5.92 Å². The van der Waals surface area contributed by atoms with Gasteiger partial charge in [-0.3, -0.25) is 9.88 Å². The lowest BCUT2D eigenvalue weighted by Crippen LogP contribution is -2.24. The largest absolute Gasteiger partial charge is 0.398 e. The van der Waals surface area contributed by atoms with Crippen LogP contribution in [0.2, 0.25) is 0 Å². The summed E-state index contributed by atoms with van der Waals surface area (Å²) in [5, 5.41) is 0.755. The van der Waals surface area contributed by atoms with Crippen LogP contribution in [0.1, 0.15) is 44.0 Å². The molecule has 0 spiro atoms. The van der Waals surface area contributed by atoms with Crippen LogP contribution in [0.5, 0.6) is 0 Å². The maximum Gasteiger partial charge on any atom is 0.261 e. The van der Waals surface area contributed by atoms with Gasteiger partial charge < -0.3 is 10.7 Å². The molecule has 3 aromatic heterocycles. The van der Waals surface area contributed by atoms with Crippen molar-refractivity contribution in [1.29, 1.82) is 0 Å². The van der Waals surface area contributed by atoms with Gasteiger partial charge in [-0.1, -0.05) is 51.3 Å². The van der Waals surface area contributed by atoms with Crippen LogP contribution in [0.15, 0.2) is 97.6 Å². The first-order valence-electron chi connectivity index (χ1n) is 13.9. The van der Waals surface area contributed by atoms with E-state index in [2.05, 4.69) is 28.1 Å². The summed E-state index contributed by atoms with van der Waals surface area (Å²) in [4.78, 5) is 13.8. The second kappa shape index (κ2) is 13.0. The number of aromatic amines is 1. The fraction of sp³-hybridized carbons (Fsp3) is 0.235. The number of nitrogens with one attached hydrogen (secondary N) is 1. The molecular weight excluding hydrogens is 535 g/mol. The zero-order valence-electron chi connectivity index (χ0n) is 24.2. The van der Waals surface area contributed by atoms with Gasteiger partial charge in [0.15, 0.2) is 0 Å². The molecule has 0 atom stereocenters. The first-order chi connectivity index (χ1) is 20.1. The Kier molecular flexibility index (Phi) is 9.48. The van der Waals surface area contributed by atoms with Gasteiger partial charge in [0.05, 0.1) is 6.54 Å². The van der Waals surface area contributed by atoms with E-state index in [1.807, 2.05) is 39.0 Å². The van der Waals surface area contributed by atoms with Gasteiger partial charge in [-0.05, 0) is 59.5 Å². The molecule has 218 valence electrons. The molecule has 0 bridgehead atoms. The molecule has 3 N–H and O–H groups in total. The lowest BCUT2D eigenvalue weighted by molar-refractivity contribution is 0.0115. The highest BCUT2D eigenvalue weighted by molar-refractivity contribution is 5.97. The Morgan fingerprint density at radius 1 is 1.12 bits per heavy atom. The van der Waals surface area contributed by atoms with Crippen LogP contribution in [0.4, 0.5) is 13.2 Å². The molecule has 8 heteroatoms. The molecule has 1 saturated heterocycles. The number of nitrogens with zero attached hydrogens (tertiary/aromatic N) is 3. The molecule has 5 rings (SSSR count). The molecular formula is C34H36F3N5. The van der Waals surface area contributed by atoms with E-state index in [4.69, 9.17) is 5.73 Å². The average molecular weight is 572 g/mol. The highest BCUT2D eigenvalue weighted by Gasteiger charge is 2.37. The maximum absolute atomic E-state index is 14.6. The second-order valence-electron chi connectivity index (χ2n) is 9.99. The zero-order valence-corrected chi connectivity index (χ0v) is 24.2. The molecule has 1 aromatic carbocycles. The highest BCUT2D eigenvalue weighted by Crippen LogP contribution is 2.34. The van der Waals surface area contributed by atoms with Crippen molar-refractivity contribution in [1.82, 2.24) is 19.9 Å². The molecule has 4 aromatic rings. The number of alkyl halides is 2. The van der Waals surface area contributed by atoms with Gasteiger partial charge in [-0.25, -0.2) is 18.2 Å². The van der Waals surface area contributed by atoms with Crippen LogP contribution >= 0.6 is 0 Å². The monoisotopic (exact) mass is 571 g/mol. The number of rotatable bonds is 8. The van der Waals surface area contributed by atoms with Gasteiger partial charge in [0.1, 0.15) is 11.5 Å². The van der Waals surface area contributed by atoms with E-state index in [0.29, 0.717) is 58.0 Å². The fourth-order valence-corrected chi connectivity index (χ4v) is 4.96. The summed E-state index contributed by atoms with van der Waals surface area (Å²) in [7, 11) is 0. The smallest absolute Gasteiger partial charge is 0.261 e. The van der Waals surface area contributed by atoms with E-state index in [-0.39, 0.29) is 18.8 Å². The first-order valence-corrected chi connectivity index (χ1v) is 13.9. The number of aromatic nitrogens is 3. The van der Waals surface area contributed by atoms with Crippen molar-refractivity contribution in [3.8, 4) is 11.1 Å². The molecule has 1 aliphatic heterocycles. The lowest BCUT2D eigenvalue weighted by Gasteiger charge is -2.16. The third-order valence-electron chi connectivity index (χ3n) is 7.11.